The second kappa shape index (κ2) is 4.56. The molecule has 1 aliphatic carbocycles. The van der Waals surface area contributed by atoms with Gasteiger partial charge in [0.25, 0.3) is 0 Å². The first-order valence-corrected chi connectivity index (χ1v) is 5.77. The maximum atomic E-state index is 5.46. The fourth-order valence-corrected chi connectivity index (χ4v) is 2.10. The van der Waals surface area contributed by atoms with Crippen LogP contribution < -0.4 is 10.1 Å². The summed E-state index contributed by atoms with van der Waals surface area (Å²) in [5.74, 6) is 1.84. The van der Waals surface area contributed by atoms with E-state index in [4.69, 9.17) is 4.74 Å². The largest absolute Gasteiger partial charge is 0.494 e. The number of anilines is 1. The molecule has 0 spiro atoms. The van der Waals surface area contributed by atoms with Crippen molar-refractivity contribution in [3.63, 3.8) is 0 Å². The predicted molar refractivity (Wildman–Crippen MR) is 63.4 cm³/mol. The van der Waals surface area contributed by atoms with Gasteiger partial charge in [-0.3, -0.25) is 0 Å². The quantitative estimate of drug-likeness (QED) is 0.814. The van der Waals surface area contributed by atoms with Gasteiger partial charge in [-0.1, -0.05) is 13.0 Å². The van der Waals surface area contributed by atoms with Gasteiger partial charge in [-0.25, -0.2) is 0 Å². The van der Waals surface area contributed by atoms with Gasteiger partial charge >= 0.3 is 0 Å². The van der Waals surface area contributed by atoms with Crippen LogP contribution in [0.3, 0.4) is 0 Å². The summed E-state index contributed by atoms with van der Waals surface area (Å²) in [7, 11) is 0. The van der Waals surface area contributed by atoms with Gasteiger partial charge in [0.2, 0.25) is 0 Å². The molecule has 2 nitrogen and oxygen atoms in total. The maximum Gasteiger partial charge on any atom is 0.121 e. The van der Waals surface area contributed by atoms with Crippen LogP contribution in [0.15, 0.2) is 24.3 Å². The molecule has 0 atom stereocenters. The third kappa shape index (κ3) is 2.65. The highest BCUT2D eigenvalue weighted by Gasteiger charge is 2.24. The third-order valence-electron chi connectivity index (χ3n) is 2.89. The van der Waals surface area contributed by atoms with E-state index in [9.17, 15) is 0 Å². The first kappa shape index (κ1) is 10.3. The van der Waals surface area contributed by atoms with E-state index in [0.717, 1.165) is 18.3 Å². The molecule has 82 valence electrons. The van der Waals surface area contributed by atoms with Crippen LogP contribution in [0.2, 0.25) is 0 Å². The average molecular weight is 205 g/mol. The number of hydrogen-bond acceptors (Lipinski definition) is 2. The molecule has 0 aromatic heterocycles. The van der Waals surface area contributed by atoms with Crippen LogP contribution in [0.1, 0.15) is 26.7 Å². The molecule has 1 fully saturated rings. The Morgan fingerprint density at radius 1 is 1.40 bits per heavy atom. The van der Waals surface area contributed by atoms with Crippen molar-refractivity contribution in [1.82, 2.24) is 0 Å². The summed E-state index contributed by atoms with van der Waals surface area (Å²) < 4.78 is 5.46. The Balaban J connectivity index is 1.93. The average Bonchev–Trinajstić information content (AvgIpc) is 2.17. The summed E-state index contributed by atoms with van der Waals surface area (Å²) in [6.07, 6.45) is 2.58. The molecule has 0 saturated heterocycles. The van der Waals surface area contributed by atoms with E-state index >= 15 is 0 Å². The van der Waals surface area contributed by atoms with E-state index in [2.05, 4.69) is 24.4 Å². The molecule has 0 aliphatic heterocycles. The van der Waals surface area contributed by atoms with Crippen molar-refractivity contribution in [2.45, 2.75) is 32.7 Å². The highest BCUT2D eigenvalue weighted by Crippen LogP contribution is 2.30. The summed E-state index contributed by atoms with van der Waals surface area (Å²) in [4.78, 5) is 0. The van der Waals surface area contributed by atoms with Gasteiger partial charge < -0.3 is 10.1 Å². The van der Waals surface area contributed by atoms with Gasteiger partial charge in [0.1, 0.15) is 5.75 Å². The van der Waals surface area contributed by atoms with Gasteiger partial charge in [0.05, 0.1) is 6.61 Å². The van der Waals surface area contributed by atoms with Crippen LogP contribution in [0.25, 0.3) is 0 Å². The zero-order chi connectivity index (χ0) is 10.7. The van der Waals surface area contributed by atoms with Gasteiger partial charge in [-0.15, -0.1) is 0 Å². The number of benzene rings is 1. The zero-order valence-corrected chi connectivity index (χ0v) is 9.49. The normalized spacial score (nSPS) is 24.4. The lowest BCUT2D eigenvalue weighted by atomic mass is 9.82. The first-order chi connectivity index (χ1) is 7.28. The predicted octanol–water partition coefficient (Wildman–Crippen LogP) is 3.30. The van der Waals surface area contributed by atoms with Crippen molar-refractivity contribution >= 4 is 5.69 Å². The van der Waals surface area contributed by atoms with Crippen LogP contribution in [-0.2, 0) is 0 Å². The molecular formula is C13H19NO. The molecule has 1 aromatic rings. The van der Waals surface area contributed by atoms with E-state index in [1.807, 2.05) is 19.1 Å². The van der Waals surface area contributed by atoms with Crippen LogP contribution in [0.5, 0.6) is 5.75 Å². The number of hydrogen-bond donors (Lipinski definition) is 1. The molecule has 1 N–H and O–H groups in total. The van der Waals surface area contributed by atoms with Crippen LogP contribution in [0, 0.1) is 5.92 Å². The summed E-state index contributed by atoms with van der Waals surface area (Å²) in [5.41, 5.74) is 1.18. The molecule has 0 unspecified atom stereocenters. The Labute approximate surface area is 91.6 Å². The highest BCUT2D eigenvalue weighted by molar-refractivity contribution is 5.49. The standard InChI is InChI=1S/C13H19NO/c1-3-15-13-6-4-5-11(9-13)14-12-7-10(2)8-12/h4-6,9-10,12,14H,3,7-8H2,1-2H3. The lowest BCUT2D eigenvalue weighted by Crippen LogP contribution is -2.33. The van der Waals surface area contributed by atoms with E-state index < -0.39 is 0 Å². The van der Waals surface area contributed by atoms with Gasteiger partial charge in [-0.05, 0) is 37.8 Å². The van der Waals surface area contributed by atoms with Crippen molar-refractivity contribution in [3.05, 3.63) is 24.3 Å². The molecule has 1 aromatic carbocycles. The second-order valence-corrected chi connectivity index (χ2v) is 4.38. The van der Waals surface area contributed by atoms with Gasteiger partial charge in [0, 0.05) is 17.8 Å². The lowest BCUT2D eigenvalue weighted by molar-refractivity contribution is 0.309. The number of nitrogens with one attached hydrogen (secondary N) is 1. The molecule has 0 heterocycles. The minimum atomic E-state index is 0.664. The summed E-state index contributed by atoms with van der Waals surface area (Å²) in [6.45, 7) is 5.03. The number of rotatable bonds is 4. The Hall–Kier alpha value is -1.18. The van der Waals surface area contributed by atoms with E-state index in [1.165, 1.54) is 18.5 Å². The topological polar surface area (TPSA) is 21.3 Å². The minimum Gasteiger partial charge on any atom is -0.494 e. The zero-order valence-electron chi connectivity index (χ0n) is 9.49. The number of ether oxygens (including phenoxy) is 1. The highest BCUT2D eigenvalue weighted by atomic mass is 16.5. The Morgan fingerprint density at radius 3 is 2.87 bits per heavy atom. The smallest absolute Gasteiger partial charge is 0.121 e. The molecular weight excluding hydrogens is 186 g/mol. The first-order valence-electron chi connectivity index (χ1n) is 5.77. The van der Waals surface area contributed by atoms with Crippen LogP contribution in [0.4, 0.5) is 5.69 Å². The fraction of sp³-hybridized carbons (Fsp3) is 0.538. The second-order valence-electron chi connectivity index (χ2n) is 4.38. The molecule has 2 rings (SSSR count). The molecule has 0 amide bonds. The molecule has 15 heavy (non-hydrogen) atoms. The molecule has 1 saturated carbocycles. The Kier molecular flexibility index (Phi) is 3.14. The van der Waals surface area contributed by atoms with Crippen molar-refractivity contribution in [2.75, 3.05) is 11.9 Å². The van der Waals surface area contributed by atoms with E-state index in [1.54, 1.807) is 0 Å². The van der Waals surface area contributed by atoms with Crippen molar-refractivity contribution < 1.29 is 4.74 Å². The van der Waals surface area contributed by atoms with E-state index in [-0.39, 0.29) is 0 Å². The Morgan fingerprint density at radius 2 is 2.20 bits per heavy atom. The van der Waals surface area contributed by atoms with Crippen molar-refractivity contribution in [1.29, 1.82) is 0 Å². The summed E-state index contributed by atoms with van der Waals surface area (Å²) in [6, 6.07) is 8.88. The summed E-state index contributed by atoms with van der Waals surface area (Å²) in [5, 5.41) is 3.53. The fourth-order valence-electron chi connectivity index (χ4n) is 2.10. The third-order valence-corrected chi connectivity index (χ3v) is 2.89. The summed E-state index contributed by atoms with van der Waals surface area (Å²) >= 11 is 0. The maximum absolute atomic E-state index is 5.46. The van der Waals surface area contributed by atoms with Crippen molar-refractivity contribution in [2.24, 2.45) is 5.92 Å². The SMILES string of the molecule is CCOc1cccc(NC2CC(C)C2)c1. The van der Waals surface area contributed by atoms with Crippen LogP contribution in [-0.4, -0.2) is 12.6 Å². The van der Waals surface area contributed by atoms with Crippen LogP contribution >= 0.6 is 0 Å². The Bertz CT molecular complexity index is 318. The molecule has 2 heteroatoms. The molecule has 0 radical (unpaired) electrons. The molecule has 0 bridgehead atoms. The minimum absolute atomic E-state index is 0.664. The van der Waals surface area contributed by atoms with Crippen molar-refractivity contribution in [3.8, 4) is 5.75 Å². The monoisotopic (exact) mass is 205 g/mol. The lowest BCUT2D eigenvalue weighted by Gasteiger charge is -2.34. The van der Waals surface area contributed by atoms with Gasteiger partial charge in [0.15, 0.2) is 0 Å². The van der Waals surface area contributed by atoms with Gasteiger partial charge in [-0.2, -0.15) is 0 Å². The molecule has 1 aliphatic rings. The van der Waals surface area contributed by atoms with E-state index in [0.29, 0.717) is 6.04 Å².